The number of halogens is 1. The molecule has 6 heteroatoms. The van der Waals surface area contributed by atoms with Crippen LogP contribution in [-0.2, 0) is 0 Å². The van der Waals surface area contributed by atoms with Gasteiger partial charge in [0.25, 0.3) is 11.8 Å². The van der Waals surface area contributed by atoms with Crippen molar-refractivity contribution in [2.45, 2.75) is 26.2 Å². The highest BCUT2D eigenvalue weighted by atomic mass is 79.9. The van der Waals surface area contributed by atoms with Gasteiger partial charge in [0.05, 0.1) is 12.2 Å². The maximum atomic E-state index is 12.8. The molecule has 1 fully saturated rings. The van der Waals surface area contributed by atoms with E-state index in [1.807, 2.05) is 17.9 Å². The number of nitrogens with one attached hydrogen (secondary N) is 1. The molecule has 0 saturated carbocycles. The summed E-state index contributed by atoms with van der Waals surface area (Å²) in [5.74, 6) is 0.285. The van der Waals surface area contributed by atoms with E-state index in [9.17, 15) is 9.59 Å². The van der Waals surface area contributed by atoms with E-state index in [4.69, 9.17) is 4.74 Å². The van der Waals surface area contributed by atoms with Crippen molar-refractivity contribution >= 4 is 33.4 Å². The second kappa shape index (κ2) is 9.04. The molecule has 3 rings (SSSR count). The molecular weight excluding hydrogens is 408 g/mol. The van der Waals surface area contributed by atoms with E-state index >= 15 is 0 Å². The molecular formula is C21H23BrN2O3. The monoisotopic (exact) mass is 430 g/mol. The maximum absolute atomic E-state index is 12.8. The number of likely N-dealkylation sites (tertiary alicyclic amines) is 1. The SMILES string of the molecule is CCCOc1ccc(Br)cc1C(=O)Nc1cccc(C(=O)N2CCCC2)c1. The molecule has 2 amide bonds. The average molecular weight is 431 g/mol. The van der Waals surface area contributed by atoms with Gasteiger partial charge >= 0.3 is 0 Å². The molecule has 1 saturated heterocycles. The Labute approximate surface area is 167 Å². The molecule has 1 heterocycles. The molecule has 1 N–H and O–H groups in total. The summed E-state index contributed by atoms with van der Waals surface area (Å²) in [5, 5.41) is 2.88. The summed E-state index contributed by atoms with van der Waals surface area (Å²) in [7, 11) is 0. The lowest BCUT2D eigenvalue weighted by Crippen LogP contribution is -2.27. The molecule has 142 valence electrons. The van der Waals surface area contributed by atoms with Crippen molar-refractivity contribution in [2.75, 3.05) is 25.0 Å². The summed E-state index contributed by atoms with van der Waals surface area (Å²) in [6.07, 6.45) is 2.95. The van der Waals surface area contributed by atoms with Crippen LogP contribution >= 0.6 is 15.9 Å². The highest BCUT2D eigenvalue weighted by Gasteiger charge is 2.20. The highest BCUT2D eigenvalue weighted by Crippen LogP contribution is 2.25. The fourth-order valence-electron chi connectivity index (χ4n) is 3.05. The van der Waals surface area contributed by atoms with Crippen molar-refractivity contribution in [1.29, 1.82) is 0 Å². The minimum absolute atomic E-state index is 0.0121. The number of carbonyl (C=O) groups is 2. The van der Waals surface area contributed by atoms with Crippen molar-refractivity contribution in [3.63, 3.8) is 0 Å². The van der Waals surface area contributed by atoms with Crippen LogP contribution in [-0.4, -0.2) is 36.4 Å². The van der Waals surface area contributed by atoms with Crippen LogP contribution in [0.1, 0.15) is 46.9 Å². The largest absolute Gasteiger partial charge is 0.493 e. The normalized spacial score (nSPS) is 13.5. The lowest BCUT2D eigenvalue weighted by atomic mass is 10.1. The van der Waals surface area contributed by atoms with Crippen LogP contribution in [0.2, 0.25) is 0 Å². The zero-order chi connectivity index (χ0) is 19.2. The number of amides is 2. The summed E-state index contributed by atoms with van der Waals surface area (Å²) in [4.78, 5) is 27.2. The van der Waals surface area contributed by atoms with Crippen LogP contribution in [0.3, 0.4) is 0 Å². The van der Waals surface area contributed by atoms with Gasteiger partial charge in [-0.25, -0.2) is 0 Å². The molecule has 0 aromatic heterocycles. The predicted octanol–water partition coefficient (Wildman–Crippen LogP) is 4.73. The third-order valence-electron chi connectivity index (χ3n) is 4.41. The van der Waals surface area contributed by atoms with Gasteiger partial charge in [-0.3, -0.25) is 9.59 Å². The number of anilines is 1. The fraction of sp³-hybridized carbons (Fsp3) is 0.333. The summed E-state index contributed by atoms with van der Waals surface area (Å²) < 4.78 is 6.49. The molecule has 1 aliphatic rings. The number of benzene rings is 2. The second-order valence-corrected chi connectivity index (χ2v) is 7.44. The number of rotatable bonds is 6. The summed E-state index contributed by atoms with van der Waals surface area (Å²) in [6.45, 7) is 4.15. The molecule has 0 spiro atoms. The molecule has 2 aromatic carbocycles. The quantitative estimate of drug-likeness (QED) is 0.720. The van der Waals surface area contributed by atoms with Gasteiger partial charge in [-0.05, 0) is 55.7 Å². The van der Waals surface area contributed by atoms with E-state index in [1.54, 1.807) is 36.4 Å². The van der Waals surface area contributed by atoms with Crippen molar-refractivity contribution in [3.05, 3.63) is 58.1 Å². The first kappa shape index (κ1) is 19.4. The first-order chi connectivity index (χ1) is 13.1. The van der Waals surface area contributed by atoms with E-state index in [0.29, 0.717) is 29.2 Å². The van der Waals surface area contributed by atoms with Crippen molar-refractivity contribution in [1.82, 2.24) is 4.90 Å². The van der Waals surface area contributed by atoms with E-state index in [2.05, 4.69) is 21.2 Å². The van der Waals surface area contributed by atoms with Crippen LogP contribution < -0.4 is 10.1 Å². The maximum Gasteiger partial charge on any atom is 0.259 e. The Balaban J connectivity index is 1.77. The Kier molecular flexibility index (Phi) is 6.50. The lowest BCUT2D eigenvalue weighted by Gasteiger charge is -2.16. The van der Waals surface area contributed by atoms with Gasteiger partial charge in [-0.1, -0.05) is 28.9 Å². The van der Waals surface area contributed by atoms with E-state index in [-0.39, 0.29) is 11.8 Å². The smallest absolute Gasteiger partial charge is 0.259 e. The molecule has 1 aliphatic heterocycles. The first-order valence-electron chi connectivity index (χ1n) is 9.21. The summed E-state index contributed by atoms with van der Waals surface area (Å²) in [6, 6.07) is 12.4. The van der Waals surface area contributed by atoms with Crippen LogP contribution in [0, 0.1) is 0 Å². The second-order valence-electron chi connectivity index (χ2n) is 6.52. The number of nitrogens with zero attached hydrogens (tertiary/aromatic N) is 1. The predicted molar refractivity (Wildman–Crippen MR) is 109 cm³/mol. The Morgan fingerprint density at radius 2 is 1.93 bits per heavy atom. The number of hydrogen-bond donors (Lipinski definition) is 1. The molecule has 27 heavy (non-hydrogen) atoms. The van der Waals surface area contributed by atoms with E-state index in [0.717, 1.165) is 36.8 Å². The van der Waals surface area contributed by atoms with Crippen LogP contribution in [0.15, 0.2) is 46.9 Å². The van der Waals surface area contributed by atoms with Gasteiger partial charge in [0.2, 0.25) is 0 Å². The topological polar surface area (TPSA) is 58.6 Å². The van der Waals surface area contributed by atoms with Gasteiger partial charge in [-0.15, -0.1) is 0 Å². The van der Waals surface area contributed by atoms with Crippen molar-refractivity contribution < 1.29 is 14.3 Å². The molecule has 0 unspecified atom stereocenters. The summed E-state index contributed by atoms with van der Waals surface area (Å²) >= 11 is 3.40. The van der Waals surface area contributed by atoms with Gasteiger partial charge in [-0.2, -0.15) is 0 Å². The molecule has 0 aliphatic carbocycles. The molecule has 0 atom stereocenters. The van der Waals surface area contributed by atoms with Gasteiger partial charge in [0, 0.05) is 28.8 Å². The zero-order valence-electron chi connectivity index (χ0n) is 15.3. The van der Waals surface area contributed by atoms with E-state index < -0.39 is 0 Å². The fourth-order valence-corrected chi connectivity index (χ4v) is 3.41. The Morgan fingerprint density at radius 1 is 1.15 bits per heavy atom. The van der Waals surface area contributed by atoms with Gasteiger partial charge in [0.1, 0.15) is 5.75 Å². The van der Waals surface area contributed by atoms with Crippen LogP contribution in [0.4, 0.5) is 5.69 Å². The van der Waals surface area contributed by atoms with E-state index in [1.165, 1.54) is 0 Å². The zero-order valence-corrected chi connectivity index (χ0v) is 16.9. The number of ether oxygens (including phenoxy) is 1. The highest BCUT2D eigenvalue weighted by molar-refractivity contribution is 9.10. The molecule has 0 radical (unpaired) electrons. The minimum atomic E-state index is -0.270. The lowest BCUT2D eigenvalue weighted by molar-refractivity contribution is 0.0792. The Bertz CT molecular complexity index is 832. The Hall–Kier alpha value is -2.34. The molecule has 0 bridgehead atoms. The molecule has 5 nitrogen and oxygen atoms in total. The first-order valence-corrected chi connectivity index (χ1v) is 10.0. The van der Waals surface area contributed by atoms with Gasteiger partial charge in [0.15, 0.2) is 0 Å². The third-order valence-corrected chi connectivity index (χ3v) is 4.90. The standard InChI is InChI=1S/C21H23BrN2O3/c1-2-12-27-19-9-8-16(22)14-18(19)20(25)23-17-7-5-6-15(13-17)21(26)24-10-3-4-11-24/h5-9,13-14H,2-4,10-12H2,1H3,(H,23,25). The van der Waals surface area contributed by atoms with Crippen LogP contribution in [0.25, 0.3) is 0 Å². The van der Waals surface area contributed by atoms with Crippen LogP contribution in [0.5, 0.6) is 5.75 Å². The minimum Gasteiger partial charge on any atom is -0.493 e. The number of hydrogen-bond acceptors (Lipinski definition) is 3. The molecule has 2 aromatic rings. The van der Waals surface area contributed by atoms with Crippen molar-refractivity contribution in [3.8, 4) is 5.75 Å². The number of carbonyl (C=O) groups excluding carboxylic acids is 2. The van der Waals surface area contributed by atoms with Gasteiger partial charge < -0.3 is 15.0 Å². The summed E-state index contributed by atoms with van der Waals surface area (Å²) in [5.41, 5.74) is 1.63. The average Bonchev–Trinajstić information content (AvgIpc) is 3.21. The Morgan fingerprint density at radius 3 is 2.67 bits per heavy atom. The third kappa shape index (κ3) is 4.89. The van der Waals surface area contributed by atoms with Crippen molar-refractivity contribution in [2.24, 2.45) is 0 Å².